The number of rotatable bonds is 7. The van der Waals surface area contributed by atoms with Crippen LogP contribution in [0.2, 0.25) is 0 Å². The van der Waals surface area contributed by atoms with Gasteiger partial charge in [0, 0.05) is 21.6 Å². The Hall–Kier alpha value is -2.87. The van der Waals surface area contributed by atoms with Gasteiger partial charge in [-0.05, 0) is 87.0 Å². The monoisotopic (exact) mass is 464 g/mol. The van der Waals surface area contributed by atoms with E-state index in [0.717, 1.165) is 27.3 Å². The fraction of sp³-hybridized carbons (Fsp3) is 0.333. The first-order valence-electron chi connectivity index (χ1n) is 9.95. The summed E-state index contributed by atoms with van der Waals surface area (Å²) in [7, 11) is 0. The van der Waals surface area contributed by atoms with Crippen molar-refractivity contribution in [2.45, 2.75) is 52.3 Å². The number of aryl methyl sites for hydroxylation is 3. The van der Waals surface area contributed by atoms with E-state index in [-0.39, 0.29) is 12.2 Å². The molecule has 0 aliphatic heterocycles. The van der Waals surface area contributed by atoms with E-state index in [9.17, 15) is 27.9 Å². The van der Waals surface area contributed by atoms with Crippen molar-refractivity contribution in [1.82, 2.24) is 0 Å². The van der Waals surface area contributed by atoms with Crippen LogP contribution in [0.15, 0.2) is 36.4 Å². The Morgan fingerprint density at radius 2 is 1.75 bits per heavy atom. The van der Waals surface area contributed by atoms with Crippen molar-refractivity contribution in [3.05, 3.63) is 63.5 Å². The van der Waals surface area contributed by atoms with E-state index in [4.69, 9.17) is 4.74 Å². The Labute approximate surface area is 187 Å². The van der Waals surface area contributed by atoms with Gasteiger partial charge in [0.15, 0.2) is 11.4 Å². The van der Waals surface area contributed by atoms with Crippen LogP contribution in [0.5, 0.6) is 5.75 Å². The van der Waals surface area contributed by atoms with Crippen LogP contribution >= 0.6 is 11.3 Å². The molecule has 170 valence electrons. The summed E-state index contributed by atoms with van der Waals surface area (Å²) >= 11 is 1.40. The minimum atomic E-state index is -4.40. The number of alkyl halides is 3. The SMILES string of the molecule is Cc1cc(C(=O)CCc2sc3ccc(C(F)(F)F)cc3c2C)ccc1OC(C)(C)C(=O)O. The lowest BCUT2D eigenvalue weighted by atomic mass is 10.0. The highest BCUT2D eigenvalue weighted by Crippen LogP contribution is 2.37. The quantitative estimate of drug-likeness (QED) is 0.401. The van der Waals surface area contributed by atoms with Crippen molar-refractivity contribution in [3.8, 4) is 5.75 Å². The van der Waals surface area contributed by atoms with Gasteiger partial charge in [-0.15, -0.1) is 11.3 Å². The highest BCUT2D eigenvalue weighted by molar-refractivity contribution is 7.19. The number of Topliss-reactive ketones (excluding diaryl/α,β-unsaturated/α-hetero) is 1. The molecule has 1 heterocycles. The van der Waals surface area contributed by atoms with Crippen LogP contribution in [0.1, 0.15) is 52.2 Å². The number of ether oxygens (including phenoxy) is 1. The molecule has 8 heteroatoms. The van der Waals surface area contributed by atoms with Gasteiger partial charge in [-0.25, -0.2) is 4.79 Å². The summed E-state index contributed by atoms with van der Waals surface area (Å²) in [6.45, 7) is 6.40. The summed E-state index contributed by atoms with van der Waals surface area (Å²) in [4.78, 5) is 24.8. The maximum absolute atomic E-state index is 13.0. The fourth-order valence-electron chi connectivity index (χ4n) is 3.31. The average Bonchev–Trinajstić information content (AvgIpc) is 3.02. The number of carbonyl (C=O) groups is 2. The van der Waals surface area contributed by atoms with Crippen LogP contribution < -0.4 is 4.74 Å². The van der Waals surface area contributed by atoms with E-state index in [1.807, 2.05) is 0 Å². The zero-order valence-electron chi connectivity index (χ0n) is 18.1. The number of hydrogen-bond acceptors (Lipinski definition) is 4. The lowest BCUT2D eigenvalue weighted by Crippen LogP contribution is -2.38. The standard InChI is InChI=1S/C24H23F3O4S/c1-13-11-15(5-8-19(13)31-23(3,4)22(29)30)18(28)7-10-20-14(2)17-12-16(24(25,26)27)6-9-21(17)32-20/h5-6,8-9,11-12H,7,10H2,1-4H3,(H,29,30). The zero-order chi connectivity index (χ0) is 23.8. The van der Waals surface area contributed by atoms with Crippen molar-refractivity contribution in [2.24, 2.45) is 0 Å². The highest BCUT2D eigenvalue weighted by atomic mass is 32.1. The summed E-state index contributed by atoms with van der Waals surface area (Å²) in [6, 6.07) is 8.54. The first-order chi connectivity index (χ1) is 14.8. The molecule has 0 aliphatic rings. The van der Waals surface area contributed by atoms with Crippen LogP contribution in [0.4, 0.5) is 13.2 Å². The van der Waals surface area contributed by atoms with E-state index in [1.165, 1.54) is 31.3 Å². The number of benzene rings is 2. The normalized spacial score (nSPS) is 12.2. The highest BCUT2D eigenvalue weighted by Gasteiger charge is 2.31. The van der Waals surface area contributed by atoms with Gasteiger partial charge in [-0.2, -0.15) is 13.2 Å². The number of carboxylic acids is 1. The van der Waals surface area contributed by atoms with Gasteiger partial charge in [-0.1, -0.05) is 0 Å². The molecule has 0 radical (unpaired) electrons. The summed E-state index contributed by atoms with van der Waals surface area (Å²) < 4.78 is 45.3. The van der Waals surface area contributed by atoms with E-state index in [2.05, 4.69) is 0 Å². The predicted octanol–water partition coefficient (Wildman–Crippen LogP) is 6.59. The van der Waals surface area contributed by atoms with Gasteiger partial charge in [0.25, 0.3) is 0 Å². The van der Waals surface area contributed by atoms with Crippen LogP contribution in [0.3, 0.4) is 0 Å². The van der Waals surface area contributed by atoms with E-state index in [0.29, 0.717) is 28.7 Å². The lowest BCUT2D eigenvalue weighted by Gasteiger charge is -2.22. The molecule has 32 heavy (non-hydrogen) atoms. The number of halogens is 3. The minimum Gasteiger partial charge on any atom is -0.478 e. The maximum atomic E-state index is 13.0. The summed E-state index contributed by atoms with van der Waals surface area (Å²) in [5.74, 6) is -0.821. The molecule has 3 rings (SSSR count). The molecule has 0 bridgehead atoms. The molecule has 0 atom stereocenters. The largest absolute Gasteiger partial charge is 0.478 e. The summed E-state index contributed by atoms with van der Waals surface area (Å²) in [5, 5.41) is 9.77. The van der Waals surface area contributed by atoms with Gasteiger partial charge in [0.05, 0.1) is 5.56 Å². The number of thiophene rings is 1. The smallest absolute Gasteiger partial charge is 0.416 e. The van der Waals surface area contributed by atoms with Gasteiger partial charge in [0.2, 0.25) is 0 Å². The number of hydrogen-bond donors (Lipinski definition) is 1. The lowest BCUT2D eigenvalue weighted by molar-refractivity contribution is -0.152. The molecule has 0 unspecified atom stereocenters. The zero-order valence-corrected chi connectivity index (χ0v) is 18.9. The number of ketones is 1. The second kappa shape index (κ2) is 8.58. The number of carboxylic acid groups (broad SMARTS) is 1. The summed E-state index contributed by atoms with van der Waals surface area (Å²) in [6.07, 6.45) is -3.76. The predicted molar refractivity (Wildman–Crippen MR) is 118 cm³/mol. The molecule has 2 aromatic carbocycles. The molecule has 1 N–H and O–H groups in total. The molecule has 0 spiro atoms. The third-order valence-electron chi connectivity index (χ3n) is 5.32. The van der Waals surface area contributed by atoms with Crippen molar-refractivity contribution in [3.63, 3.8) is 0 Å². The average molecular weight is 465 g/mol. The molecule has 1 aromatic heterocycles. The topological polar surface area (TPSA) is 63.6 Å². The van der Waals surface area contributed by atoms with Crippen LogP contribution in [-0.2, 0) is 17.4 Å². The second-order valence-electron chi connectivity index (χ2n) is 8.18. The molecule has 4 nitrogen and oxygen atoms in total. The minimum absolute atomic E-state index is 0.106. The molecule has 0 amide bonds. The van der Waals surface area contributed by atoms with Crippen molar-refractivity contribution in [2.75, 3.05) is 0 Å². The Bertz CT molecular complexity index is 1190. The molecule has 3 aromatic rings. The van der Waals surface area contributed by atoms with Crippen LogP contribution in [-0.4, -0.2) is 22.5 Å². The maximum Gasteiger partial charge on any atom is 0.416 e. The van der Waals surface area contributed by atoms with Crippen LogP contribution in [0, 0.1) is 13.8 Å². The van der Waals surface area contributed by atoms with Crippen molar-refractivity contribution < 1.29 is 32.6 Å². The number of carbonyl (C=O) groups excluding carboxylic acids is 1. The van der Waals surface area contributed by atoms with Crippen molar-refractivity contribution >= 4 is 33.2 Å². The van der Waals surface area contributed by atoms with E-state index >= 15 is 0 Å². The first kappa shape index (κ1) is 23.8. The number of aliphatic carboxylic acids is 1. The molecular weight excluding hydrogens is 441 g/mol. The van der Waals surface area contributed by atoms with E-state index < -0.39 is 23.3 Å². The first-order valence-corrected chi connectivity index (χ1v) is 10.8. The molecule has 0 saturated carbocycles. The van der Waals surface area contributed by atoms with Gasteiger partial charge in [-0.3, -0.25) is 4.79 Å². The fourth-order valence-corrected chi connectivity index (χ4v) is 4.50. The van der Waals surface area contributed by atoms with E-state index in [1.54, 1.807) is 32.0 Å². The molecule has 0 fully saturated rings. The third kappa shape index (κ3) is 4.96. The third-order valence-corrected chi connectivity index (χ3v) is 6.65. The Balaban J connectivity index is 1.74. The Morgan fingerprint density at radius 1 is 1.06 bits per heavy atom. The van der Waals surface area contributed by atoms with Crippen molar-refractivity contribution in [1.29, 1.82) is 0 Å². The summed E-state index contributed by atoms with van der Waals surface area (Å²) in [5.41, 5.74) is -0.206. The van der Waals surface area contributed by atoms with Gasteiger partial charge < -0.3 is 9.84 Å². The number of fused-ring (bicyclic) bond motifs is 1. The van der Waals surface area contributed by atoms with Gasteiger partial charge >= 0.3 is 12.1 Å². The van der Waals surface area contributed by atoms with Gasteiger partial charge in [0.1, 0.15) is 5.75 Å². The van der Waals surface area contributed by atoms with Crippen LogP contribution in [0.25, 0.3) is 10.1 Å². The second-order valence-corrected chi connectivity index (χ2v) is 9.32. The Morgan fingerprint density at radius 3 is 2.34 bits per heavy atom. The Kier molecular flexibility index (Phi) is 6.38. The molecular formula is C24H23F3O4S. The molecule has 0 aliphatic carbocycles. The molecule has 0 saturated heterocycles.